The molecule has 0 saturated heterocycles. The fourth-order valence-electron chi connectivity index (χ4n) is 7.18. The standard InChI is InChI=1S/C33H43N/c1-5-25-16-22(2)19-31(24(4)20-25)29-12-9-13-33-30(29)14-15-32(34-33)28-18-23(3)17-27(21-28)26-10-7-6-8-11-26/h9,12-15,17-18,21-22,24-26,31H,5-8,10-11,16,19-20H2,1-4H3. The van der Waals surface area contributed by atoms with Crippen LogP contribution in [0.2, 0.25) is 0 Å². The van der Waals surface area contributed by atoms with Crippen molar-refractivity contribution in [2.45, 2.75) is 97.3 Å². The summed E-state index contributed by atoms with van der Waals surface area (Å²) in [5.41, 5.74) is 7.98. The maximum absolute atomic E-state index is 5.23. The highest BCUT2D eigenvalue weighted by Gasteiger charge is 2.30. The molecule has 5 rings (SSSR count). The number of nitrogens with zero attached hydrogens (tertiary/aromatic N) is 1. The van der Waals surface area contributed by atoms with Gasteiger partial charge >= 0.3 is 0 Å². The molecule has 2 saturated carbocycles. The minimum Gasteiger partial charge on any atom is -0.248 e. The molecule has 0 spiro atoms. The van der Waals surface area contributed by atoms with Gasteiger partial charge in [0.25, 0.3) is 0 Å². The number of pyridine rings is 1. The van der Waals surface area contributed by atoms with Crippen molar-refractivity contribution in [2.75, 3.05) is 0 Å². The molecule has 1 heterocycles. The van der Waals surface area contributed by atoms with E-state index in [4.69, 9.17) is 4.98 Å². The summed E-state index contributed by atoms with van der Waals surface area (Å²) < 4.78 is 0. The van der Waals surface area contributed by atoms with Gasteiger partial charge in [0.05, 0.1) is 11.2 Å². The van der Waals surface area contributed by atoms with Crippen LogP contribution in [0.5, 0.6) is 0 Å². The molecule has 1 aromatic heterocycles. The molecule has 2 fully saturated rings. The van der Waals surface area contributed by atoms with Crippen molar-refractivity contribution in [1.29, 1.82) is 0 Å². The van der Waals surface area contributed by atoms with Crippen molar-refractivity contribution in [3.8, 4) is 11.3 Å². The summed E-state index contributed by atoms with van der Waals surface area (Å²) >= 11 is 0. The lowest BCUT2D eigenvalue weighted by Gasteiger charge is -2.25. The van der Waals surface area contributed by atoms with Crippen molar-refractivity contribution < 1.29 is 0 Å². The number of aromatic nitrogens is 1. The van der Waals surface area contributed by atoms with Crippen LogP contribution in [0.25, 0.3) is 22.2 Å². The topological polar surface area (TPSA) is 12.9 Å². The van der Waals surface area contributed by atoms with Crippen LogP contribution in [0.15, 0.2) is 48.5 Å². The Hall–Kier alpha value is -2.15. The third-order valence-electron chi connectivity index (χ3n) is 9.00. The summed E-state index contributed by atoms with van der Waals surface area (Å²) in [7, 11) is 0. The predicted molar refractivity (Wildman–Crippen MR) is 146 cm³/mol. The Bertz CT molecular complexity index is 1120. The number of fused-ring (bicyclic) bond motifs is 1. The summed E-state index contributed by atoms with van der Waals surface area (Å²) in [6.07, 6.45) is 12.2. The molecule has 0 bridgehead atoms. The van der Waals surface area contributed by atoms with Crippen molar-refractivity contribution in [3.05, 3.63) is 65.2 Å². The molecule has 4 unspecified atom stereocenters. The molecule has 0 aliphatic heterocycles. The van der Waals surface area contributed by atoms with Crippen LogP contribution in [0, 0.1) is 24.7 Å². The number of hydrogen-bond acceptors (Lipinski definition) is 1. The third kappa shape index (κ3) is 4.95. The second-order valence-corrected chi connectivity index (χ2v) is 11.7. The molecule has 3 aromatic rings. The van der Waals surface area contributed by atoms with E-state index in [0.29, 0.717) is 5.92 Å². The predicted octanol–water partition coefficient (Wildman–Crippen LogP) is 9.82. The van der Waals surface area contributed by atoms with E-state index in [1.807, 2.05) is 0 Å². The third-order valence-corrected chi connectivity index (χ3v) is 9.00. The molecule has 180 valence electrons. The van der Waals surface area contributed by atoms with Crippen LogP contribution >= 0.6 is 0 Å². The lowest BCUT2D eigenvalue weighted by Crippen LogP contribution is -2.11. The number of benzene rings is 2. The summed E-state index contributed by atoms with van der Waals surface area (Å²) in [6, 6.07) is 18.7. The van der Waals surface area contributed by atoms with Gasteiger partial charge in [-0.25, -0.2) is 4.98 Å². The second-order valence-electron chi connectivity index (χ2n) is 11.7. The molecule has 2 aliphatic carbocycles. The number of aryl methyl sites for hydroxylation is 1. The summed E-state index contributed by atoms with van der Waals surface area (Å²) in [6.45, 7) is 9.58. The van der Waals surface area contributed by atoms with Crippen LogP contribution in [0.4, 0.5) is 0 Å². The normalized spacial score (nSPS) is 26.5. The van der Waals surface area contributed by atoms with Gasteiger partial charge in [0.1, 0.15) is 0 Å². The van der Waals surface area contributed by atoms with Gasteiger partial charge in [-0.2, -0.15) is 0 Å². The maximum Gasteiger partial charge on any atom is 0.0712 e. The molecule has 1 nitrogen and oxygen atoms in total. The van der Waals surface area contributed by atoms with Crippen molar-refractivity contribution in [3.63, 3.8) is 0 Å². The van der Waals surface area contributed by atoms with E-state index in [-0.39, 0.29) is 0 Å². The van der Waals surface area contributed by atoms with E-state index in [1.54, 1.807) is 0 Å². The molecule has 1 heteroatoms. The van der Waals surface area contributed by atoms with Gasteiger partial charge in [-0.1, -0.05) is 76.3 Å². The fourth-order valence-corrected chi connectivity index (χ4v) is 7.18. The van der Waals surface area contributed by atoms with Gasteiger partial charge in [0.2, 0.25) is 0 Å². The SMILES string of the molecule is CCC1CC(C)CC(c2cccc3nc(-c4cc(C)cc(C5CCCCC5)c4)ccc23)C(C)C1. The Labute approximate surface area is 207 Å². The van der Waals surface area contributed by atoms with Crippen LogP contribution in [0.3, 0.4) is 0 Å². The van der Waals surface area contributed by atoms with Crippen molar-refractivity contribution >= 4 is 10.9 Å². The van der Waals surface area contributed by atoms with Crippen LogP contribution in [-0.4, -0.2) is 4.98 Å². The second kappa shape index (κ2) is 10.2. The summed E-state index contributed by atoms with van der Waals surface area (Å²) in [5, 5.41) is 1.37. The van der Waals surface area contributed by atoms with Gasteiger partial charge in [0, 0.05) is 10.9 Å². The Morgan fingerprint density at radius 1 is 0.882 bits per heavy atom. The van der Waals surface area contributed by atoms with Crippen LogP contribution < -0.4 is 0 Å². The highest BCUT2D eigenvalue weighted by molar-refractivity contribution is 5.85. The Morgan fingerprint density at radius 3 is 2.50 bits per heavy atom. The lowest BCUT2D eigenvalue weighted by atomic mass is 9.80. The molecule has 0 N–H and O–H groups in total. The van der Waals surface area contributed by atoms with Gasteiger partial charge in [-0.3, -0.25) is 0 Å². The number of hydrogen-bond donors (Lipinski definition) is 0. The first-order chi connectivity index (χ1) is 16.5. The zero-order valence-corrected chi connectivity index (χ0v) is 21.8. The lowest BCUT2D eigenvalue weighted by molar-refractivity contribution is 0.358. The largest absolute Gasteiger partial charge is 0.248 e. The number of rotatable bonds is 4. The molecular weight excluding hydrogens is 410 g/mol. The van der Waals surface area contributed by atoms with E-state index in [9.17, 15) is 0 Å². The average molecular weight is 454 g/mol. The zero-order valence-electron chi connectivity index (χ0n) is 21.8. The molecule has 0 amide bonds. The van der Waals surface area contributed by atoms with E-state index < -0.39 is 0 Å². The summed E-state index contributed by atoms with van der Waals surface area (Å²) in [4.78, 5) is 5.23. The monoisotopic (exact) mass is 453 g/mol. The molecule has 34 heavy (non-hydrogen) atoms. The smallest absolute Gasteiger partial charge is 0.0712 e. The average Bonchev–Trinajstić information content (AvgIpc) is 3.00. The first-order valence-electron chi connectivity index (χ1n) is 14.0. The van der Waals surface area contributed by atoms with Crippen LogP contribution in [-0.2, 0) is 0 Å². The molecule has 0 radical (unpaired) electrons. The van der Waals surface area contributed by atoms with Crippen molar-refractivity contribution in [1.82, 2.24) is 4.98 Å². The molecule has 4 atom stereocenters. The highest BCUT2D eigenvalue weighted by Crippen LogP contribution is 2.44. The van der Waals surface area contributed by atoms with E-state index in [0.717, 1.165) is 34.9 Å². The van der Waals surface area contributed by atoms with Crippen LogP contribution in [0.1, 0.15) is 107 Å². The Balaban J connectivity index is 1.49. The Kier molecular flexibility index (Phi) is 7.09. The van der Waals surface area contributed by atoms with Gasteiger partial charge < -0.3 is 0 Å². The van der Waals surface area contributed by atoms with E-state index >= 15 is 0 Å². The first-order valence-corrected chi connectivity index (χ1v) is 14.0. The zero-order chi connectivity index (χ0) is 23.7. The molecular formula is C33H43N. The maximum atomic E-state index is 5.23. The van der Waals surface area contributed by atoms with Gasteiger partial charge in [0.15, 0.2) is 0 Å². The first kappa shape index (κ1) is 23.6. The van der Waals surface area contributed by atoms with Crippen molar-refractivity contribution in [2.24, 2.45) is 17.8 Å². The highest BCUT2D eigenvalue weighted by atomic mass is 14.7. The minimum atomic E-state index is 0.639. The Morgan fingerprint density at radius 2 is 1.71 bits per heavy atom. The quantitative estimate of drug-likeness (QED) is 0.358. The minimum absolute atomic E-state index is 0.639. The van der Waals surface area contributed by atoms with Gasteiger partial charge in [-0.05, 0) is 104 Å². The van der Waals surface area contributed by atoms with E-state index in [2.05, 4.69) is 76.2 Å². The fraction of sp³-hybridized carbons (Fsp3) is 0.545. The molecule has 2 aliphatic rings. The summed E-state index contributed by atoms with van der Waals surface area (Å²) in [5.74, 6) is 3.78. The van der Waals surface area contributed by atoms with E-state index in [1.165, 1.54) is 85.4 Å². The molecule has 2 aromatic carbocycles. The van der Waals surface area contributed by atoms with Gasteiger partial charge in [-0.15, -0.1) is 0 Å².